The first-order chi connectivity index (χ1) is 5.52. The van der Waals surface area contributed by atoms with Crippen LogP contribution in [0, 0.1) is 0 Å². The Morgan fingerprint density at radius 3 is 2.58 bits per heavy atom. The lowest BCUT2D eigenvalue weighted by molar-refractivity contribution is 0.145. The highest BCUT2D eigenvalue weighted by Crippen LogP contribution is 2.20. The Labute approximate surface area is 65.6 Å². The van der Waals surface area contributed by atoms with Gasteiger partial charge in [0.15, 0.2) is 0 Å². The highest BCUT2D eigenvalue weighted by molar-refractivity contribution is 5.50. The van der Waals surface area contributed by atoms with E-state index in [4.69, 9.17) is 10.8 Å². The molecule has 0 unspecified atom stereocenters. The third kappa shape index (κ3) is 1.36. The summed E-state index contributed by atoms with van der Waals surface area (Å²) >= 11 is 0. The van der Waals surface area contributed by atoms with Crippen molar-refractivity contribution in [2.24, 2.45) is 0 Å². The molecule has 0 aromatic carbocycles. The van der Waals surface area contributed by atoms with E-state index >= 15 is 0 Å². The van der Waals surface area contributed by atoms with E-state index < -0.39 is 23.4 Å². The molecule has 4 nitrogen and oxygen atoms in total. The number of nitrogens with one attached hydrogen (secondary N) is 1. The molecule has 1 heterocycles. The lowest BCUT2D eigenvalue weighted by Gasteiger charge is -2.01. The summed E-state index contributed by atoms with van der Waals surface area (Å²) < 4.78 is 23.9. The van der Waals surface area contributed by atoms with Gasteiger partial charge in [-0.1, -0.05) is 0 Å². The minimum atomic E-state index is -2.81. The van der Waals surface area contributed by atoms with Crippen molar-refractivity contribution in [3.8, 4) is 5.75 Å². The summed E-state index contributed by atoms with van der Waals surface area (Å²) in [4.78, 5) is 12.4. The van der Waals surface area contributed by atoms with E-state index in [2.05, 4.69) is 0 Å². The Bertz CT molecular complexity index is 348. The van der Waals surface area contributed by atoms with Crippen LogP contribution in [0.15, 0.2) is 10.9 Å². The van der Waals surface area contributed by atoms with Crippen LogP contribution in [0.3, 0.4) is 0 Å². The quantitative estimate of drug-likeness (QED) is 0.586. The maximum absolute atomic E-state index is 12.0. The van der Waals surface area contributed by atoms with Gasteiger partial charge >= 0.3 is 0 Å². The van der Waals surface area contributed by atoms with Crippen molar-refractivity contribution in [3.63, 3.8) is 0 Å². The maximum atomic E-state index is 12.0. The Hall–Kier alpha value is -1.59. The third-order valence-electron chi connectivity index (χ3n) is 1.29. The van der Waals surface area contributed by atoms with Gasteiger partial charge in [-0.25, -0.2) is 8.78 Å². The van der Waals surface area contributed by atoms with Gasteiger partial charge in [0, 0.05) is 0 Å². The van der Waals surface area contributed by atoms with Crippen LogP contribution in [0.2, 0.25) is 0 Å². The lowest BCUT2D eigenvalue weighted by atomic mass is 10.3. The molecular formula is C6H6F2N2O2. The van der Waals surface area contributed by atoms with Gasteiger partial charge in [-0.15, -0.1) is 0 Å². The van der Waals surface area contributed by atoms with Crippen LogP contribution >= 0.6 is 0 Å². The van der Waals surface area contributed by atoms with E-state index in [1.54, 1.807) is 4.98 Å². The number of aromatic hydroxyl groups is 1. The molecule has 1 rings (SSSR count). The smallest absolute Gasteiger partial charge is 0.292 e. The predicted molar refractivity (Wildman–Crippen MR) is 38.1 cm³/mol. The second-order valence-electron chi connectivity index (χ2n) is 2.16. The molecule has 12 heavy (non-hydrogen) atoms. The van der Waals surface area contributed by atoms with Crippen molar-refractivity contribution in [2.75, 3.05) is 5.73 Å². The Balaban J connectivity index is 3.31. The molecule has 66 valence electrons. The van der Waals surface area contributed by atoms with Gasteiger partial charge in [0.2, 0.25) is 5.75 Å². The van der Waals surface area contributed by atoms with Crippen molar-refractivity contribution >= 4 is 5.69 Å². The van der Waals surface area contributed by atoms with Gasteiger partial charge in [-0.2, -0.15) is 0 Å². The number of halogens is 2. The Morgan fingerprint density at radius 1 is 1.58 bits per heavy atom. The molecule has 0 aliphatic rings. The normalized spacial score (nSPS) is 10.6. The van der Waals surface area contributed by atoms with Crippen LogP contribution in [0.25, 0.3) is 0 Å². The topological polar surface area (TPSA) is 79.1 Å². The second-order valence-corrected chi connectivity index (χ2v) is 2.16. The van der Waals surface area contributed by atoms with Gasteiger partial charge < -0.3 is 15.8 Å². The third-order valence-corrected chi connectivity index (χ3v) is 1.29. The standard InChI is InChI=1S/C6H6F2N2O2/c7-5(8)3-1-2(9)4(11)6(12)10-3/h1,5,11H,(H3,9,10,12). The minimum absolute atomic E-state index is 0.353. The van der Waals surface area contributed by atoms with Crippen LogP contribution < -0.4 is 11.3 Å². The van der Waals surface area contributed by atoms with E-state index in [1.807, 2.05) is 0 Å². The number of alkyl halides is 2. The van der Waals surface area contributed by atoms with Crippen molar-refractivity contribution < 1.29 is 13.9 Å². The fourth-order valence-electron chi connectivity index (χ4n) is 0.711. The van der Waals surface area contributed by atoms with Crippen molar-refractivity contribution in [1.82, 2.24) is 4.98 Å². The molecule has 0 bridgehead atoms. The van der Waals surface area contributed by atoms with Crippen molar-refractivity contribution in [3.05, 3.63) is 22.1 Å². The molecule has 0 aliphatic carbocycles. The summed E-state index contributed by atoms with van der Waals surface area (Å²) in [5.74, 6) is -0.737. The first kappa shape index (κ1) is 8.51. The zero-order chi connectivity index (χ0) is 9.30. The molecule has 0 saturated carbocycles. The summed E-state index contributed by atoms with van der Waals surface area (Å²) in [6.07, 6.45) is -2.81. The van der Waals surface area contributed by atoms with Crippen LogP contribution in [0.4, 0.5) is 14.5 Å². The molecule has 1 aromatic heterocycles. The monoisotopic (exact) mass is 176 g/mol. The summed E-state index contributed by atoms with van der Waals surface area (Å²) in [6.45, 7) is 0. The number of pyridine rings is 1. The molecular weight excluding hydrogens is 170 g/mol. The number of aromatic nitrogens is 1. The zero-order valence-electron chi connectivity index (χ0n) is 5.84. The first-order valence-corrected chi connectivity index (χ1v) is 3.02. The Kier molecular flexibility index (Phi) is 1.99. The molecule has 0 amide bonds. The average molecular weight is 176 g/mol. The summed E-state index contributed by atoms with van der Waals surface area (Å²) in [7, 11) is 0. The van der Waals surface area contributed by atoms with Gasteiger partial charge in [-0.3, -0.25) is 4.79 Å². The van der Waals surface area contributed by atoms with E-state index in [0.717, 1.165) is 6.07 Å². The molecule has 0 fully saturated rings. The number of hydrogen-bond donors (Lipinski definition) is 3. The fourth-order valence-corrected chi connectivity index (χ4v) is 0.711. The highest BCUT2D eigenvalue weighted by Gasteiger charge is 2.11. The highest BCUT2D eigenvalue weighted by atomic mass is 19.3. The molecule has 0 spiro atoms. The summed E-state index contributed by atoms with van der Waals surface area (Å²) in [5.41, 5.74) is 3.09. The number of hydrogen-bond acceptors (Lipinski definition) is 3. The van der Waals surface area contributed by atoms with Crippen molar-refractivity contribution in [2.45, 2.75) is 6.43 Å². The molecule has 1 aromatic rings. The zero-order valence-corrected chi connectivity index (χ0v) is 5.84. The second kappa shape index (κ2) is 2.80. The van der Waals surface area contributed by atoms with E-state index in [-0.39, 0.29) is 5.69 Å². The first-order valence-electron chi connectivity index (χ1n) is 3.02. The number of rotatable bonds is 1. The summed E-state index contributed by atoms with van der Waals surface area (Å²) in [5, 5.41) is 8.80. The molecule has 0 atom stereocenters. The van der Waals surface area contributed by atoms with Crippen molar-refractivity contribution in [1.29, 1.82) is 0 Å². The number of nitrogen functional groups attached to an aromatic ring is 1. The number of H-pyrrole nitrogens is 1. The van der Waals surface area contributed by atoms with E-state index in [1.165, 1.54) is 0 Å². The predicted octanol–water partition coefficient (Wildman–Crippen LogP) is 0.600. The van der Waals surface area contributed by atoms with Gasteiger partial charge in [0.25, 0.3) is 12.0 Å². The van der Waals surface area contributed by atoms with Gasteiger partial charge in [0.1, 0.15) is 0 Å². The molecule has 6 heteroatoms. The Morgan fingerprint density at radius 2 is 2.17 bits per heavy atom. The average Bonchev–Trinajstić information content (AvgIpc) is 1.99. The van der Waals surface area contributed by atoms with Gasteiger partial charge in [0.05, 0.1) is 11.4 Å². The maximum Gasteiger partial charge on any atom is 0.292 e. The number of aromatic amines is 1. The van der Waals surface area contributed by atoms with E-state index in [0.29, 0.717) is 0 Å². The number of nitrogens with two attached hydrogens (primary N) is 1. The van der Waals surface area contributed by atoms with E-state index in [9.17, 15) is 13.6 Å². The van der Waals surface area contributed by atoms with Crippen LogP contribution in [0.5, 0.6) is 5.75 Å². The van der Waals surface area contributed by atoms with Crippen LogP contribution in [-0.4, -0.2) is 10.1 Å². The molecule has 0 radical (unpaired) electrons. The molecule has 4 N–H and O–H groups in total. The van der Waals surface area contributed by atoms with Crippen LogP contribution in [-0.2, 0) is 0 Å². The lowest BCUT2D eigenvalue weighted by Crippen LogP contribution is -2.10. The molecule has 0 saturated heterocycles. The molecule has 0 aliphatic heterocycles. The largest absolute Gasteiger partial charge is 0.502 e. The van der Waals surface area contributed by atoms with Crippen LogP contribution in [0.1, 0.15) is 12.1 Å². The van der Waals surface area contributed by atoms with Gasteiger partial charge in [-0.05, 0) is 6.07 Å². The minimum Gasteiger partial charge on any atom is -0.502 e. The SMILES string of the molecule is Nc1cc(C(F)F)[nH]c(=O)c1O. The fraction of sp³-hybridized carbons (Fsp3) is 0.167. The summed E-state index contributed by atoms with van der Waals surface area (Å²) in [6, 6.07) is 0.821. The number of anilines is 1.